The average Bonchev–Trinajstić information content (AvgIpc) is 3.75. The summed E-state index contributed by atoms with van der Waals surface area (Å²) in [6, 6.07) is 51.3. The molecule has 1 N–H and O–H groups in total. The Morgan fingerprint density at radius 2 is 1.09 bits per heavy atom. The first-order valence-corrected chi connectivity index (χ1v) is 21.1. The summed E-state index contributed by atoms with van der Waals surface area (Å²) in [5.41, 5.74) is 3.27. The first kappa shape index (κ1) is 38.3. The molecule has 7 nitrogen and oxygen atoms in total. The molecule has 1 unspecified atom stereocenters. The fraction of sp³-hybridized carbons (Fsp3) is 0.348. The van der Waals surface area contributed by atoms with E-state index in [9.17, 15) is 5.11 Å². The maximum atomic E-state index is 12.0. The summed E-state index contributed by atoms with van der Waals surface area (Å²) in [6.45, 7) is 8.59. The predicted molar refractivity (Wildman–Crippen MR) is 215 cm³/mol. The minimum absolute atomic E-state index is 0.136. The van der Waals surface area contributed by atoms with Crippen molar-refractivity contribution in [2.24, 2.45) is 0 Å². The van der Waals surface area contributed by atoms with Crippen molar-refractivity contribution in [1.82, 2.24) is 5.06 Å². The lowest BCUT2D eigenvalue weighted by Gasteiger charge is -2.43. The molecule has 2 heterocycles. The monoisotopic (exact) mass is 743 g/mol. The largest absolute Gasteiger partial charge is 0.405 e. The lowest BCUT2D eigenvalue weighted by molar-refractivity contribution is -0.215. The van der Waals surface area contributed by atoms with E-state index in [1.54, 1.807) is 0 Å². The Morgan fingerprint density at radius 3 is 1.57 bits per heavy atom. The second-order valence-electron chi connectivity index (χ2n) is 15.4. The van der Waals surface area contributed by atoms with Crippen LogP contribution in [-0.2, 0) is 43.3 Å². The van der Waals surface area contributed by atoms with Gasteiger partial charge in [-0.3, -0.25) is 4.84 Å². The van der Waals surface area contributed by atoms with Crippen LogP contribution in [-0.4, -0.2) is 68.2 Å². The molecule has 0 amide bonds. The van der Waals surface area contributed by atoms with Gasteiger partial charge in [0.05, 0.1) is 45.1 Å². The molecule has 0 spiro atoms. The number of hydrogen-bond acceptors (Lipinski definition) is 7. The predicted octanol–water partition coefficient (Wildman–Crippen LogP) is 7.07. The summed E-state index contributed by atoms with van der Waals surface area (Å²) in [5.74, 6) is 0. The second kappa shape index (κ2) is 17.7. The third-order valence-electron chi connectivity index (χ3n) is 10.8. The van der Waals surface area contributed by atoms with Crippen LogP contribution in [0.25, 0.3) is 0 Å². The van der Waals surface area contributed by atoms with Gasteiger partial charge in [0, 0.05) is 0 Å². The first-order valence-electron chi connectivity index (χ1n) is 19.1. The highest BCUT2D eigenvalue weighted by Gasteiger charge is 2.57. The molecule has 5 aromatic carbocycles. The van der Waals surface area contributed by atoms with Gasteiger partial charge in [0.15, 0.2) is 0 Å². The summed E-state index contributed by atoms with van der Waals surface area (Å²) < 4.78 is 27.1. The van der Waals surface area contributed by atoms with Gasteiger partial charge < -0.3 is 23.7 Å². The van der Waals surface area contributed by atoms with Crippen molar-refractivity contribution in [3.8, 4) is 0 Å². The van der Waals surface area contributed by atoms with E-state index in [1.165, 1.54) is 10.4 Å². The minimum atomic E-state index is -2.87. The molecule has 2 saturated heterocycles. The van der Waals surface area contributed by atoms with E-state index in [4.69, 9.17) is 23.5 Å². The number of fused-ring (bicyclic) bond motifs is 1. The van der Waals surface area contributed by atoms with Crippen molar-refractivity contribution >= 4 is 18.7 Å². The Balaban J connectivity index is 1.14. The fourth-order valence-electron chi connectivity index (χ4n) is 8.10. The summed E-state index contributed by atoms with van der Waals surface area (Å²) in [4.78, 5) is 6.77. The number of rotatable bonds is 16. The van der Waals surface area contributed by atoms with Crippen LogP contribution >= 0.6 is 0 Å². The van der Waals surface area contributed by atoms with Crippen LogP contribution in [0.4, 0.5) is 0 Å². The van der Waals surface area contributed by atoms with Gasteiger partial charge in [-0.15, -0.1) is 0 Å². The molecule has 8 heteroatoms. The highest BCUT2D eigenvalue weighted by atomic mass is 28.4. The number of ether oxygens (including phenoxy) is 3. The van der Waals surface area contributed by atoms with E-state index in [2.05, 4.69) is 106 Å². The molecule has 2 aliphatic heterocycles. The molecule has 0 saturated carbocycles. The normalized spacial score (nSPS) is 22.3. The van der Waals surface area contributed by atoms with Crippen molar-refractivity contribution in [2.45, 2.75) is 88.6 Å². The fourth-order valence-corrected chi connectivity index (χ4v) is 12.7. The Labute approximate surface area is 321 Å². The maximum absolute atomic E-state index is 12.0. The zero-order chi connectivity index (χ0) is 37.4. The number of benzene rings is 5. The van der Waals surface area contributed by atoms with Gasteiger partial charge in [-0.25, -0.2) is 0 Å². The van der Waals surface area contributed by atoms with Crippen molar-refractivity contribution in [2.75, 3.05) is 13.2 Å². The molecule has 7 rings (SSSR count). The van der Waals surface area contributed by atoms with Crippen molar-refractivity contribution in [3.05, 3.63) is 168 Å². The van der Waals surface area contributed by atoms with E-state index in [0.717, 1.165) is 16.7 Å². The molecule has 5 aromatic rings. The topological polar surface area (TPSA) is 69.6 Å². The van der Waals surface area contributed by atoms with Gasteiger partial charge in [0.2, 0.25) is 0 Å². The first-order chi connectivity index (χ1) is 26.3. The molecule has 0 aromatic heterocycles. The molecule has 282 valence electrons. The Hall–Kier alpha value is -3.96. The summed E-state index contributed by atoms with van der Waals surface area (Å²) >= 11 is 0. The van der Waals surface area contributed by atoms with Crippen LogP contribution in [0.5, 0.6) is 0 Å². The van der Waals surface area contributed by atoms with Crippen molar-refractivity contribution < 1.29 is 28.6 Å². The third-order valence-corrected chi connectivity index (χ3v) is 15.8. The molecule has 2 fully saturated rings. The number of nitrogens with zero attached hydrogens (tertiary/aromatic N) is 1. The Bertz CT molecular complexity index is 1800. The molecule has 0 radical (unpaired) electrons. The average molecular weight is 744 g/mol. The minimum Gasteiger partial charge on any atom is -0.405 e. The van der Waals surface area contributed by atoms with Crippen LogP contribution in [0.2, 0.25) is 5.04 Å². The summed E-state index contributed by atoms with van der Waals surface area (Å²) in [5, 5.41) is 16.1. The van der Waals surface area contributed by atoms with E-state index in [-0.39, 0.29) is 35.9 Å². The smallest absolute Gasteiger partial charge is 0.261 e. The molecular formula is C46H53NO6Si. The Morgan fingerprint density at radius 1 is 0.648 bits per heavy atom. The molecule has 0 aliphatic carbocycles. The van der Waals surface area contributed by atoms with Crippen LogP contribution < -0.4 is 10.4 Å². The van der Waals surface area contributed by atoms with Gasteiger partial charge in [0.1, 0.15) is 24.4 Å². The quantitative estimate of drug-likeness (QED) is 0.109. The van der Waals surface area contributed by atoms with Gasteiger partial charge >= 0.3 is 0 Å². The lowest BCUT2D eigenvalue weighted by Crippen LogP contribution is -2.67. The SMILES string of the molecule is CC(C)(C)[Si](OC[C@H](O)[C@H]1CC2[C@@H](OCc3ccccc3)[C@H](OCc3ccccc3)[C@@H](COCc3ccccc3)N2O1)(c1ccccc1)c1ccccc1. The molecule has 2 aliphatic rings. The van der Waals surface area contributed by atoms with Crippen LogP contribution in [0.3, 0.4) is 0 Å². The third kappa shape index (κ3) is 8.62. The van der Waals surface area contributed by atoms with Crippen molar-refractivity contribution in [3.63, 3.8) is 0 Å². The molecule has 54 heavy (non-hydrogen) atoms. The Kier molecular flexibility index (Phi) is 12.5. The molecule has 6 atom stereocenters. The van der Waals surface area contributed by atoms with Crippen LogP contribution in [0.15, 0.2) is 152 Å². The zero-order valence-corrected chi connectivity index (χ0v) is 32.6. The van der Waals surface area contributed by atoms with E-state index in [0.29, 0.717) is 32.8 Å². The zero-order valence-electron chi connectivity index (χ0n) is 31.6. The van der Waals surface area contributed by atoms with Gasteiger partial charge in [-0.05, 0) is 38.5 Å². The number of hydroxylamine groups is 2. The van der Waals surface area contributed by atoms with Crippen LogP contribution in [0.1, 0.15) is 43.9 Å². The van der Waals surface area contributed by atoms with E-state index < -0.39 is 20.5 Å². The number of hydrogen-bond donors (Lipinski definition) is 1. The number of aliphatic hydroxyl groups excluding tert-OH is 1. The lowest BCUT2D eigenvalue weighted by atomic mass is 10.00. The summed E-state index contributed by atoms with van der Waals surface area (Å²) in [7, 11) is -2.87. The highest BCUT2D eigenvalue weighted by molar-refractivity contribution is 6.99. The summed E-state index contributed by atoms with van der Waals surface area (Å²) in [6.07, 6.45) is -1.47. The second-order valence-corrected chi connectivity index (χ2v) is 19.7. The van der Waals surface area contributed by atoms with Crippen molar-refractivity contribution in [1.29, 1.82) is 0 Å². The highest BCUT2D eigenvalue weighted by Crippen LogP contribution is 2.41. The van der Waals surface area contributed by atoms with Gasteiger partial charge in [-0.1, -0.05) is 172 Å². The number of aliphatic hydroxyl groups is 1. The van der Waals surface area contributed by atoms with E-state index in [1.807, 2.05) is 71.8 Å². The van der Waals surface area contributed by atoms with E-state index >= 15 is 0 Å². The standard InChI is InChI=1S/C46H53NO6Si/c1-46(2,3)54(38-25-15-7-16-26-38,39-27-17-8-18-28-39)52-34-42(48)43-29-40-44(50-31-36-21-11-5-12-22-36)45(51-32-37-23-13-6-14-24-37)41(47(40)53-43)33-49-30-35-19-9-4-10-20-35/h4-28,40-45,48H,29-34H2,1-3H3/t40?,41-,42+,43-,44-,45-/m1/s1. The van der Waals surface area contributed by atoms with Gasteiger partial charge in [-0.2, -0.15) is 5.06 Å². The van der Waals surface area contributed by atoms with Crippen LogP contribution in [0, 0.1) is 0 Å². The molecule has 0 bridgehead atoms. The maximum Gasteiger partial charge on any atom is 0.261 e. The molecular weight excluding hydrogens is 691 g/mol. The van der Waals surface area contributed by atoms with Gasteiger partial charge in [0.25, 0.3) is 8.32 Å².